The zero-order valence-electron chi connectivity index (χ0n) is 11.6. The van der Waals surface area contributed by atoms with Crippen molar-refractivity contribution in [3.05, 3.63) is 53.6 Å². The molecule has 19 heavy (non-hydrogen) atoms. The molecule has 0 bridgehead atoms. The summed E-state index contributed by atoms with van der Waals surface area (Å²) in [4.78, 5) is 2.38. The van der Waals surface area contributed by atoms with Gasteiger partial charge in [0.05, 0.1) is 11.4 Å². The highest BCUT2D eigenvalue weighted by molar-refractivity contribution is 5.78. The summed E-state index contributed by atoms with van der Waals surface area (Å²) in [5.74, 6) is 0. The number of hydrogen-bond donors (Lipinski definition) is 1. The van der Waals surface area contributed by atoms with Crippen molar-refractivity contribution in [3.63, 3.8) is 0 Å². The van der Waals surface area contributed by atoms with Crippen LogP contribution in [0.3, 0.4) is 0 Å². The van der Waals surface area contributed by atoms with Crippen LogP contribution in [-0.2, 0) is 6.42 Å². The first kappa shape index (κ1) is 12.1. The summed E-state index contributed by atoms with van der Waals surface area (Å²) in [6, 6.07) is 15.5. The van der Waals surface area contributed by atoms with E-state index >= 15 is 0 Å². The lowest BCUT2D eigenvalue weighted by Crippen LogP contribution is -2.33. The molecule has 2 nitrogen and oxygen atoms in total. The molecule has 1 unspecified atom stereocenters. The number of nitrogens with two attached hydrogens (primary N) is 1. The normalized spacial score (nSPS) is 18.2. The molecule has 2 N–H and O–H groups in total. The van der Waals surface area contributed by atoms with Crippen LogP contribution >= 0.6 is 0 Å². The Hall–Kier alpha value is -1.96. The van der Waals surface area contributed by atoms with E-state index in [1.54, 1.807) is 0 Å². The van der Waals surface area contributed by atoms with Crippen LogP contribution in [0.2, 0.25) is 0 Å². The molecule has 0 fully saturated rings. The Morgan fingerprint density at radius 3 is 2.68 bits per heavy atom. The van der Waals surface area contributed by atoms with Gasteiger partial charge < -0.3 is 10.6 Å². The maximum Gasteiger partial charge on any atom is 0.0647 e. The highest BCUT2D eigenvalue weighted by Gasteiger charge is 2.25. The number of nitrogens with zero attached hydrogens (tertiary/aromatic N) is 1. The maximum absolute atomic E-state index is 6.23. The fraction of sp³-hybridized carbons (Fsp3) is 0.294. The third-order valence-corrected chi connectivity index (χ3v) is 3.97. The lowest BCUT2D eigenvalue weighted by Gasteiger charge is -2.37. The van der Waals surface area contributed by atoms with Crippen molar-refractivity contribution in [2.45, 2.75) is 32.7 Å². The molecular formula is C17H20N2. The van der Waals surface area contributed by atoms with Crippen LogP contribution in [0.4, 0.5) is 17.1 Å². The van der Waals surface area contributed by atoms with Gasteiger partial charge in [-0.05, 0) is 56.0 Å². The molecule has 98 valence electrons. The van der Waals surface area contributed by atoms with Gasteiger partial charge in [0.1, 0.15) is 0 Å². The molecule has 1 aliphatic heterocycles. The Morgan fingerprint density at radius 1 is 1.11 bits per heavy atom. The highest BCUT2D eigenvalue weighted by Crippen LogP contribution is 2.39. The molecule has 0 amide bonds. The van der Waals surface area contributed by atoms with Crippen LogP contribution in [-0.4, -0.2) is 6.04 Å². The van der Waals surface area contributed by atoms with Crippen molar-refractivity contribution in [1.29, 1.82) is 0 Å². The molecule has 3 rings (SSSR count). The van der Waals surface area contributed by atoms with E-state index in [0.29, 0.717) is 6.04 Å². The first-order chi connectivity index (χ1) is 9.16. The predicted octanol–water partition coefficient (Wildman–Crippen LogP) is 4.05. The second-order valence-electron chi connectivity index (χ2n) is 5.45. The fourth-order valence-electron chi connectivity index (χ4n) is 2.95. The number of fused-ring (bicyclic) bond motifs is 1. The summed E-state index contributed by atoms with van der Waals surface area (Å²) in [6.45, 7) is 4.35. The summed E-state index contributed by atoms with van der Waals surface area (Å²) >= 11 is 0. The molecule has 0 spiro atoms. The van der Waals surface area contributed by atoms with Crippen LogP contribution in [0.15, 0.2) is 42.5 Å². The molecule has 1 aliphatic rings. The number of nitrogen functional groups attached to an aromatic ring is 1. The van der Waals surface area contributed by atoms with Gasteiger partial charge in [-0.3, -0.25) is 0 Å². The molecule has 2 aromatic carbocycles. The molecule has 2 heteroatoms. The molecular weight excluding hydrogens is 232 g/mol. The number of aryl methyl sites for hydroxylation is 2. The Morgan fingerprint density at radius 2 is 1.89 bits per heavy atom. The van der Waals surface area contributed by atoms with E-state index in [4.69, 9.17) is 5.73 Å². The van der Waals surface area contributed by atoms with E-state index < -0.39 is 0 Å². The Labute approximate surface area is 114 Å². The van der Waals surface area contributed by atoms with Crippen molar-refractivity contribution >= 4 is 17.1 Å². The van der Waals surface area contributed by atoms with Gasteiger partial charge in [-0.2, -0.15) is 0 Å². The third kappa shape index (κ3) is 2.07. The summed E-state index contributed by atoms with van der Waals surface area (Å²) in [5.41, 5.74) is 12.2. The Kier molecular flexibility index (Phi) is 2.94. The molecule has 1 atom stereocenters. The van der Waals surface area contributed by atoms with Gasteiger partial charge in [0.25, 0.3) is 0 Å². The average Bonchev–Trinajstić information content (AvgIpc) is 2.40. The monoisotopic (exact) mass is 252 g/mol. The largest absolute Gasteiger partial charge is 0.397 e. The fourth-order valence-corrected chi connectivity index (χ4v) is 2.95. The van der Waals surface area contributed by atoms with Crippen molar-refractivity contribution in [1.82, 2.24) is 0 Å². The van der Waals surface area contributed by atoms with Crippen molar-refractivity contribution < 1.29 is 0 Å². The number of para-hydroxylation sites is 1. The molecule has 0 radical (unpaired) electrons. The first-order valence-electron chi connectivity index (χ1n) is 6.90. The molecule has 2 aromatic rings. The Balaban J connectivity index is 2.13. The van der Waals surface area contributed by atoms with Crippen molar-refractivity contribution in [2.75, 3.05) is 10.6 Å². The van der Waals surface area contributed by atoms with Crippen LogP contribution in [0, 0.1) is 6.92 Å². The maximum atomic E-state index is 6.23. The summed E-state index contributed by atoms with van der Waals surface area (Å²) < 4.78 is 0. The van der Waals surface area contributed by atoms with Crippen molar-refractivity contribution in [2.24, 2.45) is 0 Å². The van der Waals surface area contributed by atoms with Gasteiger partial charge in [0, 0.05) is 11.7 Å². The van der Waals surface area contributed by atoms with Gasteiger partial charge in [0.15, 0.2) is 0 Å². The van der Waals surface area contributed by atoms with Gasteiger partial charge in [-0.1, -0.05) is 24.3 Å². The van der Waals surface area contributed by atoms with Crippen LogP contribution < -0.4 is 10.6 Å². The zero-order valence-corrected chi connectivity index (χ0v) is 11.6. The molecule has 0 saturated heterocycles. The quantitative estimate of drug-likeness (QED) is 0.776. The van der Waals surface area contributed by atoms with E-state index in [-0.39, 0.29) is 0 Å². The SMILES string of the molecule is Cc1ccc(N2c3ccccc3CCC2C)c(N)c1. The molecule has 1 heterocycles. The minimum Gasteiger partial charge on any atom is -0.397 e. The number of benzene rings is 2. The number of hydrogen-bond acceptors (Lipinski definition) is 2. The van der Waals surface area contributed by atoms with Crippen LogP contribution in [0.1, 0.15) is 24.5 Å². The highest BCUT2D eigenvalue weighted by atomic mass is 15.2. The van der Waals surface area contributed by atoms with Crippen molar-refractivity contribution in [3.8, 4) is 0 Å². The van der Waals surface area contributed by atoms with Gasteiger partial charge >= 0.3 is 0 Å². The number of anilines is 3. The molecule has 0 aliphatic carbocycles. The van der Waals surface area contributed by atoms with Gasteiger partial charge in [-0.15, -0.1) is 0 Å². The molecule has 0 saturated carbocycles. The summed E-state index contributed by atoms with van der Waals surface area (Å²) in [5, 5.41) is 0. The van der Waals surface area contributed by atoms with Crippen LogP contribution in [0.25, 0.3) is 0 Å². The van der Waals surface area contributed by atoms with E-state index in [1.165, 1.54) is 23.2 Å². The molecule has 0 aromatic heterocycles. The summed E-state index contributed by atoms with van der Waals surface area (Å²) in [7, 11) is 0. The van der Waals surface area contributed by atoms with Crippen LogP contribution in [0.5, 0.6) is 0 Å². The Bertz CT molecular complexity index is 604. The van der Waals surface area contributed by atoms with E-state index in [2.05, 4.69) is 61.2 Å². The predicted molar refractivity (Wildman–Crippen MR) is 82.0 cm³/mol. The smallest absolute Gasteiger partial charge is 0.0647 e. The second kappa shape index (κ2) is 4.61. The third-order valence-electron chi connectivity index (χ3n) is 3.97. The lowest BCUT2D eigenvalue weighted by molar-refractivity contribution is 0.618. The summed E-state index contributed by atoms with van der Waals surface area (Å²) in [6.07, 6.45) is 2.32. The van der Waals surface area contributed by atoms with Gasteiger partial charge in [-0.25, -0.2) is 0 Å². The number of rotatable bonds is 1. The standard InChI is InChI=1S/C17H20N2/c1-12-7-10-17(15(18)11-12)19-13(2)8-9-14-5-3-4-6-16(14)19/h3-7,10-11,13H,8-9,18H2,1-2H3. The zero-order chi connectivity index (χ0) is 13.4. The lowest BCUT2D eigenvalue weighted by atomic mass is 9.95. The second-order valence-corrected chi connectivity index (χ2v) is 5.45. The topological polar surface area (TPSA) is 29.3 Å². The minimum absolute atomic E-state index is 0.486. The van der Waals surface area contributed by atoms with E-state index in [0.717, 1.165) is 17.8 Å². The average molecular weight is 252 g/mol. The first-order valence-corrected chi connectivity index (χ1v) is 6.90. The van der Waals surface area contributed by atoms with E-state index in [9.17, 15) is 0 Å². The minimum atomic E-state index is 0.486. The van der Waals surface area contributed by atoms with Gasteiger partial charge in [0.2, 0.25) is 0 Å². The van der Waals surface area contributed by atoms with E-state index in [1.807, 2.05) is 0 Å².